The van der Waals surface area contributed by atoms with Crippen LogP contribution < -0.4 is 5.32 Å². The summed E-state index contributed by atoms with van der Waals surface area (Å²) in [6, 6.07) is 0. The molecule has 1 saturated carbocycles. The van der Waals surface area contributed by atoms with Crippen LogP contribution in [0.5, 0.6) is 0 Å². The third-order valence-corrected chi connectivity index (χ3v) is 3.28. The first kappa shape index (κ1) is 15.7. The Morgan fingerprint density at radius 3 is 2.31 bits per heavy atom. The molecule has 3 nitrogen and oxygen atoms in total. The first-order valence-corrected chi connectivity index (χ1v) is 6.15. The third-order valence-electron chi connectivity index (χ3n) is 3.28. The molecule has 0 aromatic carbocycles. The number of carbonyl (C=O) groups excluding carboxylic acids is 1. The molecular weight excluding hydrogens is 224 g/mol. The van der Waals surface area contributed by atoms with Gasteiger partial charge in [0.1, 0.15) is 0 Å². The van der Waals surface area contributed by atoms with Crippen molar-refractivity contribution in [1.82, 2.24) is 10.2 Å². The highest BCUT2D eigenvalue weighted by Gasteiger charge is 2.22. The lowest BCUT2D eigenvalue weighted by Crippen LogP contribution is -2.36. The molecule has 0 heterocycles. The fraction of sp³-hybridized carbons (Fsp3) is 0.917. The van der Waals surface area contributed by atoms with E-state index in [1.165, 1.54) is 25.7 Å². The van der Waals surface area contributed by atoms with E-state index in [4.69, 9.17) is 0 Å². The molecule has 0 saturated heterocycles. The summed E-state index contributed by atoms with van der Waals surface area (Å²) < 4.78 is 0. The first-order chi connectivity index (χ1) is 7.25. The van der Waals surface area contributed by atoms with E-state index in [9.17, 15) is 4.79 Å². The molecule has 0 atom stereocenters. The van der Waals surface area contributed by atoms with Crippen LogP contribution in [-0.4, -0.2) is 38.0 Å². The van der Waals surface area contributed by atoms with Gasteiger partial charge < -0.3 is 10.2 Å². The zero-order valence-electron chi connectivity index (χ0n) is 10.5. The number of nitrogens with one attached hydrogen (secondary N) is 1. The zero-order valence-corrected chi connectivity index (χ0v) is 11.3. The van der Waals surface area contributed by atoms with E-state index in [0.29, 0.717) is 11.8 Å². The number of nitrogens with zero attached hydrogens (tertiary/aromatic N) is 1. The van der Waals surface area contributed by atoms with Gasteiger partial charge in [-0.3, -0.25) is 4.79 Å². The largest absolute Gasteiger partial charge is 0.344 e. The van der Waals surface area contributed by atoms with Gasteiger partial charge in [0.05, 0.1) is 0 Å². The summed E-state index contributed by atoms with van der Waals surface area (Å²) in [6.07, 6.45) is 7.28. The van der Waals surface area contributed by atoms with E-state index in [1.54, 1.807) is 0 Å². The molecule has 0 aromatic rings. The van der Waals surface area contributed by atoms with Crippen LogP contribution in [-0.2, 0) is 4.79 Å². The van der Waals surface area contributed by atoms with Gasteiger partial charge >= 0.3 is 0 Å². The second-order valence-corrected chi connectivity index (χ2v) is 4.55. The quantitative estimate of drug-likeness (QED) is 0.773. The smallest absolute Gasteiger partial charge is 0.225 e. The minimum Gasteiger partial charge on any atom is -0.344 e. The van der Waals surface area contributed by atoms with Gasteiger partial charge in [-0.2, -0.15) is 0 Å². The highest BCUT2D eigenvalue weighted by molar-refractivity contribution is 5.85. The molecule has 0 aromatic heterocycles. The van der Waals surface area contributed by atoms with Crippen molar-refractivity contribution in [2.75, 3.05) is 27.2 Å². The van der Waals surface area contributed by atoms with Crippen molar-refractivity contribution in [2.24, 2.45) is 5.92 Å². The Kier molecular flexibility index (Phi) is 8.67. The molecular formula is C12H25ClN2O. The highest BCUT2D eigenvalue weighted by Crippen LogP contribution is 2.24. The fourth-order valence-corrected chi connectivity index (χ4v) is 2.23. The zero-order chi connectivity index (χ0) is 11.1. The Bertz CT molecular complexity index is 191. The Balaban J connectivity index is 0.00000225. The van der Waals surface area contributed by atoms with Crippen molar-refractivity contribution in [1.29, 1.82) is 0 Å². The third kappa shape index (κ3) is 5.17. The Morgan fingerprint density at radius 1 is 1.25 bits per heavy atom. The topological polar surface area (TPSA) is 32.3 Å². The lowest BCUT2D eigenvalue weighted by Gasteiger charge is -2.22. The van der Waals surface area contributed by atoms with Crippen molar-refractivity contribution in [2.45, 2.75) is 38.5 Å². The molecule has 1 rings (SSSR count). The van der Waals surface area contributed by atoms with Crippen LogP contribution in [0, 0.1) is 5.92 Å². The Hall–Kier alpha value is -0.280. The van der Waals surface area contributed by atoms with E-state index in [1.807, 2.05) is 19.0 Å². The number of likely N-dealkylation sites (N-methyl/N-ethyl adjacent to an activating group) is 2. The van der Waals surface area contributed by atoms with Gasteiger partial charge in [-0.25, -0.2) is 0 Å². The molecule has 0 spiro atoms. The number of hydrogen-bond acceptors (Lipinski definition) is 2. The van der Waals surface area contributed by atoms with E-state index in [2.05, 4.69) is 5.32 Å². The number of hydrogen-bond donors (Lipinski definition) is 1. The van der Waals surface area contributed by atoms with Crippen molar-refractivity contribution in [3.8, 4) is 0 Å². The number of amides is 1. The summed E-state index contributed by atoms with van der Waals surface area (Å²) in [7, 11) is 3.84. The van der Waals surface area contributed by atoms with Gasteiger partial charge in [0.2, 0.25) is 5.91 Å². The molecule has 0 aliphatic heterocycles. The maximum Gasteiger partial charge on any atom is 0.225 e. The normalized spacial score (nSPS) is 17.4. The SMILES string of the molecule is CNCCN(C)C(=O)C1CCCCCC1.Cl. The van der Waals surface area contributed by atoms with Gasteiger partial charge in [-0.05, 0) is 19.9 Å². The predicted molar refractivity (Wildman–Crippen MR) is 70.0 cm³/mol. The van der Waals surface area contributed by atoms with Gasteiger partial charge in [-0.15, -0.1) is 12.4 Å². The minimum atomic E-state index is 0. The van der Waals surface area contributed by atoms with Crippen LogP contribution in [0.2, 0.25) is 0 Å². The van der Waals surface area contributed by atoms with Crippen LogP contribution in [0.25, 0.3) is 0 Å². The average molecular weight is 249 g/mol. The summed E-state index contributed by atoms with van der Waals surface area (Å²) >= 11 is 0. The Labute approximate surface area is 105 Å². The monoisotopic (exact) mass is 248 g/mol. The molecule has 0 bridgehead atoms. The van der Waals surface area contributed by atoms with Gasteiger partial charge in [0.15, 0.2) is 0 Å². The fourth-order valence-electron chi connectivity index (χ4n) is 2.23. The molecule has 16 heavy (non-hydrogen) atoms. The molecule has 1 fully saturated rings. The maximum absolute atomic E-state index is 12.1. The summed E-state index contributed by atoms with van der Waals surface area (Å²) in [6.45, 7) is 1.71. The minimum absolute atomic E-state index is 0. The van der Waals surface area contributed by atoms with Crippen molar-refractivity contribution < 1.29 is 4.79 Å². The number of rotatable bonds is 4. The van der Waals surface area contributed by atoms with Crippen LogP contribution >= 0.6 is 12.4 Å². The molecule has 1 aliphatic rings. The van der Waals surface area contributed by atoms with Crippen LogP contribution in [0.1, 0.15) is 38.5 Å². The van der Waals surface area contributed by atoms with Crippen molar-refractivity contribution in [3.05, 3.63) is 0 Å². The molecule has 4 heteroatoms. The number of carbonyl (C=O) groups is 1. The maximum atomic E-state index is 12.1. The summed E-state index contributed by atoms with van der Waals surface area (Å²) in [5.74, 6) is 0.654. The van der Waals surface area contributed by atoms with E-state index in [0.717, 1.165) is 25.9 Å². The average Bonchev–Trinajstić information content (AvgIpc) is 2.53. The molecule has 1 N–H and O–H groups in total. The second-order valence-electron chi connectivity index (χ2n) is 4.55. The van der Waals surface area contributed by atoms with Crippen LogP contribution in [0.4, 0.5) is 0 Å². The van der Waals surface area contributed by atoms with Crippen LogP contribution in [0.3, 0.4) is 0 Å². The number of halogens is 1. The van der Waals surface area contributed by atoms with Crippen molar-refractivity contribution in [3.63, 3.8) is 0 Å². The van der Waals surface area contributed by atoms with Gasteiger partial charge in [0.25, 0.3) is 0 Å². The van der Waals surface area contributed by atoms with Gasteiger partial charge in [-0.1, -0.05) is 25.7 Å². The predicted octanol–water partition coefficient (Wildman–Crippen LogP) is 2.06. The molecule has 0 radical (unpaired) electrons. The van der Waals surface area contributed by atoms with E-state index < -0.39 is 0 Å². The van der Waals surface area contributed by atoms with Crippen molar-refractivity contribution >= 4 is 18.3 Å². The highest BCUT2D eigenvalue weighted by atomic mass is 35.5. The first-order valence-electron chi connectivity index (χ1n) is 6.15. The van der Waals surface area contributed by atoms with Gasteiger partial charge in [0, 0.05) is 26.1 Å². The summed E-state index contributed by atoms with van der Waals surface area (Å²) in [5, 5.41) is 3.07. The van der Waals surface area contributed by atoms with E-state index in [-0.39, 0.29) is 12.4 Å². The standard InChI is InChI=1S/C12H24N2O.ClH/c1-13-9-10-14(2)12(15)11-7-5-3-4-6-8-11;/h11,13H,3-10H2,1-2H3;1H. The summed E-state index contributed by atoms with van der Waals surface area (Å²) in [4.78, 5) is 13.9. The van der Waals surface area contributed by atoms with Crippen LogP contribution in [0.15, 0.2) is 0 Å². The molecule has 0 unspecified atom stereocenters. The second kappa shape index (κ2) is 8.82. The molecule has 1 aliphatic carbocycles. The lowest BCUT2D eigenvalue weighted by atomic mass is 9.99. The van der Waals surface area contributed by atoms with E-state index >= 15 is 0 Å². The molecule has 1 amide bonds. The summed E-state index contributed by atoms with van der Waals surface area (Å²) in [5.41, 5.74) is 0. The Morgan fingerprint density at radius 2 is 1.81 bits per heavy atom. The lowest BCUT2D eigenvalue weighted by molar-refractivity contribution is -0.134. The molecule has 96 valence electrons.